The Balaban J connectivity index is 2.39. The van der Waals surface area contributed by atoms with E-state index in [-0.39, 0.29) is 17.3 Å². The van der Waals surface area contributed by atoms with Crippen molar-refractivity contribution >= 4 is 11.7 Å². The van der Waals surface area contributed by atoms with Crippen molar-refractivity contribution in [2.75, 3.05) is 0 Å². The standard InChI is InChI=1S/C11H17NO3/c1-10-4-3-7(5-8(10)12-15)11(10,2)6-9(13)14/h7,15H,3-6H2,1-2H3,(H,13,14)/b12-8-/t7-,10+,11+/m1/s1. The van der Waals surface area contributed by atoms with Crippen molar-refractivity contribution in [2.24, 2.45) is 21.9 Å². The monoisotopic (exact) mass is 211 g/mol. The first-order valence-electron chi connectivity index (χ1n) is 5.37. The molecule has 3 atom stereocenters. The number of aliphatic carboxylic acids is 1. The van der Waals surface area contributed by atoms with Crippen molar-refractivity contribution in [3.63, 3.8) is 0 Å². The van der Waals surface area contributed by atoms with Crippen molar-refractivity contribution in [1.29, 1.82) is 0 Å². The lowest BCUT2D eigenvalue weighted by Gasteiger charge is -2.36. The quantitative estimate of drug-likeness (QED) is 0.543. The van der Waals surface area contributed by atoms with E-state index in [1.54, 1.807) is 0 Å². The van der Waals surface area contributed by atoms with Crippen LogP contribution in [0.15, 0.2) is 5.16 Å². The van der Waals surface area contributed by atoms with Crippen LogP contribution in [0.25, 0.3) is 0 Å². The van der Waals surface area contributed by atoms with E-state index < -0.39 is 5.97 Å². The van der Waals surface area contributed by atoms with E-state index in [9.17, 15) is 4.79 Å². The molecule has 2 bridgehead atoms. The van der Waals surface area contributed by atoms with Gasteiger partial charge in [0.1, 0.15) is 0 Å². The summed E-state index contributed by atoms with van der Waals surface area (Å²) in [6.45, 7) is 4.06. The van der Waals surface area contributed by atoms with Crippen LogP contribution in [-0.4, -0.2) is 22.0 Å². The molecule has 0 aromatic heterocycles. The van der Waals surface area contributed by atoms with Gasteiger partial charge in [-0.15, -0.1) is 0 Å². The Hall–Kier alpha value is -1.06. The van der Waals surface area contributed by atoms with Crippen LogP contribution < -0.4 is 0 Å². The minimum Gasteiger partial charge on any atom is -0.481 e. The third-order valence-corrected chi connectivity index (χ3v) is 4.87. The molecule has 0 aliphatic heterocycles. The van der Waals surface area contributed by atoms with Gasteiger partial charge in [0.05, 0.1) is 12.1 Å². The summed E-state index contributed by atoms with van der Waals surface area (Å²) in [6, 6.07) is 0. The number of hydrogen-bond acceptors (Lipinski definition) is 3. The molecule has 0 spiro atoms. The maximum atomic E-state index is 10.9. The fourth-order valence-electron chi connectivity index (χ4n) is 3.58. The van der Waals surface area contributed by atoms with Gasteiger partial charge in [0, 0.05) is 5.41 Å². The average Bonchev–Trinajstić information content (AvgIpc) is 2.49. The maximum Gasteiger partial charge on any atom is 0.303 e. The molecule has 0 amide bonds. The summed E-state index contributed by atoms with van der Waals surface area (Å²) in [5, 5.41) is 21.3. The van der Waals surface area contributed by atoms with Crippen LogP contribution in [-0.2, 0) is 4.79 Å². The van der Waals surface area contributed by atoms with Crippen LogP contribution in [0.4, 0.5) is 0 Å². The summed E-state index contributed by atoms with van der Waals surface area (Å²) < 4.78 is 0. The highest BCUT2D eigenvalue weighted by Gasteiger charge is 2.63. The van der Waals surface area contributed by atoms with E-state index in [4.69, 9.17) is 10.3 Å². The third kappa shape index (κ3) is 1.13. The Bertz CT molecular complexity index is 339. The van der Waals surface area contributed by atoms with Gasteiger partial charge < -0.3 is 10.3 Å². The average molecular weight is 211 g/mol. The molecule has 4 heteroatoms. The zero-order valence-electron chi connectivity index (χ0n) is 9.16. The largest absolute Gasteiger partial charge is 0.481 e. The number of hydrogen-bond donors (Lipinski definition) is 2. The molecule has 0 radical (unpaired) electrons. The first-order chi connectivity index (χ1) is 6.94. The first kappa shape index (κ1) is 10.5. The number of carboxylic acid groups (broad SMARTS) is 1. The molecule has 2 rings (SSSR count). The lowest BCUT2D eigenvalue weighted by atomic mass is 9.67. The van der Waals surface area contributed by atoms with E-state index in [2.05, 4.69) is 5.16 Å². The summed E-state index contributed by atoms with van der Waals surface area (Å²) >= 11 is 0. The molecule has 0 aromatic carbocycles. The molecule has 2 saturated carbocycles. The van der Waals surface area contributed by atoms with Gasteiger partial charge in [-0.05, 0) is 30.6 Å². The normalized spacial score (nSPS) is 46.3. The fraction of sp³-hybridized carbons (Fsp3) is 0.818. The minimum absolute atomic E-state index is 0.174. The molecule has 2 N–H and O–H groups in total. The van der Waals surface area contributed by atoms with Crippen LogP contribution in [0.3, 0.4) is 0 Å². The molecule has 84 valence electrons. The molecule has 0 heterocycles. The van der Waals surface area contributed by atoms with Crippen LogP contribution in [0.1, 0.15) is 39.5 Å². The Morgan fingerprint density at radius 2 is 2.27 bits per heavy atom. The second-order valence-corrected chi connectivity index (χ2v) is 5.31. The Morgan fingerprint density at radius 1 is 1.60 bits per heavy atom. The molecule has 2 fully saturated rings. The van der Waals surface area contributed by atoms with Gasteiger partial charge in [0.15, 0.2) is 0 Å². The lowest BCUT2D eigenvalue weighted by Crippen LogP contribution is -2.36. The van der Waals surface area contributed by atoms with Crippen molar-refractivity contribution in [2.45, 2.75) is 39.5 Å². The fourth-order valence-corrected chi connectivity index (χ4v) is 3.58. The van der Waals surface area contributed by atoms with Gasteiger partial charge in [-0.1, -0.05) is 19.0 Å². The lowest BCUT2D eigenvalue weighted by molar-refractivity contribution is -0.141. The molecule has 2 aliphatic rings. The summed E-state index contributed by atoms with van der Waals surface area (Å²) in [5.41, 5.74) is 0.341. The van der Waals surface area contributed by atoms with Crippen LogP contribution in [0, 0.1) is 16.7 Å². The molecular formula is C11H17NO3. The van der Waals surface area contributed by atoms with E-state index in [1.807, 2.05) is 13.8 Å². The molecule has 4 nitrogen and oxygen atoms in total. The Kier molecular flexibility index (Phi) is 2.07. The van der Waals surface area contributed by atoms with Crippen LogP contribution >= 0.6 is 0 Å². The summed E-state index contributed by atoms with van der Waals surface area (Å²) in [4.78, 5) is 10.9. The Morgan fingerprint density at radius 3 is 2.73 bits per heavy atom. The topological polar surface area (TPSA) is 69.9 Å². The third-order valence-electron chi connectivity index (χ3n) is 4.87. The smallest absolute Gasteiger partial charge is 0.303 e. The SMILES string of the molecule is C[C@]12CC[C@H](C/C1=N/O)[C@]2(C)CC(=O)O. The molecule has 2 aliphatic carbocycles. The van der Waals surface area contributed by atoms with E-state index >= 15 is 0 Å². The number of rotatable bonds is 2. The maximum absolute atomic E-state index is 10.9. The number of carbonyl (C=O) groups is 1. The summed E-state index contributed by atoms with van der Waals surface area (Å²) in [6.07, 6.45) is 2.93. The van der Waals surface area contributed by atoms with Crippen LogP contribution in [0.5, 0.6) is 0 Å². The predicted octanol–water partition coefficient (Wildman–Crippen LogP) is 2.12. The Labute approximate surface area is 89.0 Å². The van der Waals surface area contributed by atoms with E-state index in [0.29, 0.717) is 5.92 Å². The number of oxime groups is 1. The van der Waals surface area contributed by atoms with Gasteiger partial charge in [-0.25, -0.2) is 0 Å². The van der Waals surface area contributed by atoms with Gasteiger partial charge in [0.2, 0.25) is 0 Å². The highest BCUT2D eigenvalue weighted by atomic mass is 16.4. The highest BCUT2D eigenvalue weighted by Crippen LogP contribution is 2.65. The van der Waals surface area contributed by atoms with E-state index in [0.717, 1.165) is 25.0 Å². The van der Waals surface area contributed by atoms with Crippen LogP contribution in [0.2, 0.25) is 0 Å². The zero-order chi connectivity index (χ0) is 11.3. The van der Waals surface area contributed by atoms with E-state index in [1.165, 1.54) is 0 Å². The molecule has 15 heavy (non-hydrogen) atoms. The second kappa shape index (κ2) is 2.97. The summed E-state index contributed by atoms with van der Waals surface area (Å²) in [5.74, 6) is -0.390. The first-order valence-corrected chi connectivity index (χ1v) is 5.37. The molecule has 0 saturated heterocycles. The number of fused-ring (bicyclic) bond motifs is 2. The van der Waals surface area contributed by atoms with Crippen molar-refractivity contribution in [3.8, 4) is 0 Å². The molecular weight excluding hydrogens is 194 g/mol. The van der Waals surface area contributed by atoms with Gasteiger partial charge in [-0.2, -0.15) is 0 Å². The molecule has 0 unspecified atom stereocenters. The van der Waals surface area contributed by atoms with Gasteiger partial charge in [-0.3, -0.25) is 4.79 Å². The zero-order valence-corrected chi connectivity index (χ0v) is 9.16. The highest BCUT2D eigenvalue weighted by molar-refractivity contribution is 5.94. The number of carboxylic acids is 1. The molecule has 0 aromatic rings. The van der Waals surface area contributed by atoms with Crippen molar-refractivity contribution in [3.05, 3.63) is 0 Å². The van der Waals surface area contributed by atoms with Gasteiger partial charge >= 0.3 is 5.97 Å². The second-order valence-electron chi connectivity index (χ2n) is 5.31. The van der Waals surface area contributed by atoms with Crippen molar-refractivity contribution < 1.29 is 15.1 Å². The van der Waals surface area contributed by atoms with Gasteiger partial charge in [0.25, 0.3) is 0 Å². The van der Waals surface area contributed by atoms with Crippen molar-refractivity contribution in [1.82, 2.24) is 0 Å². The minimum atomic E-state index is -0.755. The summed E-state index contributed by atoms with van der Waals surface area (Å²) in [7, 11) is 0. The number of nitrogens with zero attached hydrogens (tertiary/aromatic N) is 1. The predicted molar refractivity (Wildman–Crippen MR) is 55.0 cm³/mol.